The van der Waals surface area contributed by atoms with E-state index in [1.807, 2.05) is 13.8 Å². The maximum absolute atomic E-state index is 5.99. The number of fused-ring (bicyclic) bond motifs is 2. The molecule has 0 bridgehead atoms. The third-order valence-electron chi connectivity index (χ3n) is 12.1. The van der Waals surface area contributed by atoms with Crippen LogP contribution in [0.15, 0.2) is 118 Å². The summed E-state index contributed by atoms with van der Waals surface area (Å²) >= 11 is -1.65. The van der Waals surface area contributed by atoms with Crippen molar-refractivity contribution in [3.05, 3.63) is 143 Å². The van der Waals surface area contributed by atoms with Gasteiger partial charge in [0.25, 0.3) is 0 Å². The topological polar surface area (TPSA) is 26.3 Å². The van der Waals surface area contributed by atoms with Crippen molar-refractivity contribution in [3.8, 4) is 44.9 Å². The van der Waals surface area contributed by atoms with Crippen LogP contribution in [0.3, 0.4) is 0 Å². The van der Waals surface area contributed by atoms with Gasteiger partial charge >= 0.3 is 53.5 Å². The van der Waals surface area contributed by atoms with Crippen molar-refractivity contribution in [2.24, 2.45) is 0 Å². The summed E-state index contributed by atoms with van der Waals surface area (Å²) < 4.78 is 12.0. The summed E-state index contributed by atoms with van der Waals surface area (Å²) in [7, 11) is 8.66. The fourth-order valence-corrected chi connectivity index (χ4v) is 10.2. The van der Waals surface area contributed by atoms with E-state index in [4.69, 9.17) is 25.9 Å². The second-order valence-corrected chi connectivity index (χ2v) is 52.1. The van der Waals surface area contributed by atoms with Crippen molar-refractivity contribution >= 4 is 70.5 Å². The van der Waals surface area contributed by atoms with Crippen molar-refractivity contribution in [2.75, 3.05) is 0 Å². The Balaban J connectivity index is 0.000000183. The van der Waals surface area contributed by atoms with E-state index in [0.717, 1.165) is 35.9 Å². The molecule has 0 N–H and O–H groups in total. The average Bonchev–Trinajstić information content (AvgIpc) is 4.02. The Morgan fingerprint density at radius 1 is 0.532 bits per heavy atom. The number of hydrogen-bond donors (Lipinski definition) is 0. The van der Waals surface area contributed by atoms with Crippen LogP contribution in [0.5, 0.6) is 0 Å². The molecule has 8 heteroatoms. The van der Waals surface area contributed by atoms with Crippen LogP contribution in [0.2, 0.25) is 52.4 Å². The van der Waals surface area contributed by atoms with Crippen LogP contribution in [-0.2, 0) is 30.8 Å². The molecule has 0 fully saturated rings. The second kappa shape index (κ2) is 19.9. The summed E-state index contributed by atoms with van der Waals surface area (Å²) in [6, 6.07) is 41.1. The third-order valence-corrected chi connectivity index (χ3v) is 36.0. The average molecular weight is 991 g/mol. The second-order valence-electron chi connectivity index (χ2n) is 19.0. The predicted octanol–water partition coefficient (Wildman–Crippen LogP) is 16.6. The van der Waals surface area contributed by atoms with Crippen molar-refractivity contribution in [1.29, 1.82) is 0 Å². The first-order valence-electron chi connectivity index (χ1n) is 22.0. The van der Waals surface area contributed by atoms with Gasteiger partial charge in [-0.2, -0.15) is 0 Å². The van der Waals surface area contributed by atoms with Crippen LogP contribution in [0, 0.1) is 27.7 Å². The van der Waals surface area contributed by atoms with Crippen molar-refractivity contribution < 1.29 is 26.8 Å². The van der Waals surface area contributed by atoms with Crippen LogP contribution >= 0.6 is 17.0 Å². The molecule has 6 aromatic carbocycles. The van der Waals surface area contributed by atoms with Gasteiger partial charge in [0.1, 0.15) is 0 Å². The van der Waals surface area contributed by atoms with E-state index in [1.165, 1.54) is 87.6 Å². The summed E-state index contributed by atoms with van der Waals surface area (Å²) in [5.74, 6) is 3.92. The molecule has 0 radical (unpaired) electrons. The van der Waals surface area contributed by atoms with Crippen molar-refractivity contribution in [1.82, 2.24) is 0 Å². The molecule has 2 heterocycles. The van der Waals surface area contributed by atoms with E-state index in [9.17, 15) is 0 Å². The number of hydrogen-bond acceptors (Lipinski definition) is 2. The molecule has 0 spiro atoms. The normalized spacial score (nSPS) is 11.7. The Bertz CT molecular complexity index is 2610. The maximum atomic E-state index is 5.99. The summed E-state index contributed by atoms with van der Waals surface area (Å²) in [4.78, 5) is 0. The van der Waals surface area contributed by atoms with Gasteiger partial charge in [-0.3, -0.25) is 0 Å². The molecule has 0 aliphatic rings. The summed E-state index contributed by atoms with van der Waals surface area (Å²) in [5, 5.41) is 8.22. The van der Waals surface area contributed by atoms with Gasteiger partial charge < -0.3 is 8.83 Å². The molecule has 0 atom stereocenters. The van der Waals surface area contributed by atoms with Gasteiger partial charge in [0, 0.05) is 0 Å². The summed E-state index contributed by atoms with van der Waals surface area (Å²) in [6.45, 7) is 31.5. The Morgan fingerprint density at radius 3 is 1.13 bits per heavy atom. The first kappa shape index (κ1) is 48.2. The fourth-order valence-electron chi connectivity index (χ4n) is 7.91. The first-order chi connectivity index (χ1) is 29.2. The van der Waals surface area contributed by atoms with E-state index in [-0.39, 0.29) is 5.43 Å². The molecule has 62 heavy (non-hydrogen) atoms. The molecule has 0 saturated carbocycles. The Morgan fingerprint density at radius 2 is 0.871 bits per heavy atom. The Labute approximate surface area is 388 Å². The SMILES string of the molecule is CCc1ccc2[cH-]c(-c3cc(C)c(C)o3)cc2c1-c1ccc([Si](C)(C)C)cc1.CCc1ccc2[cH-]c(-c3cc(C)c(C)o3)cc2c1-c1ccc([Si](C)(C)C)cc1.C[Si](C)=[Zr]([Cl])[Cl]. The Hall–Kier alpha value is -3.23. The van der Waals surface area contributed by atoms with Gasteiger partial charge in [-0.25, -0.2) is 0 Å². The van der Waals surface area contributed by atoms with Gasteiger partial charge in [-0.15, -0.1) is 57.9 Å². The number of benzene rings is 4. The number of halogens is 2. The minimum absolute atomic E-state index is 0.224. The Kier molecular flexibility index (Phi) is 15.5. The quantitative estimate of drug-likeness (QED) is 0.112. The zero-order valence-electron chi connectivity index (χ0n) is 39.4. The molecule has 8 rings (SSSR count). The molecule has 0 aliphatic heterocycles. The zero-order chi connectivity index (χ0) is 45.3. The molecule has 0 unspecified atom stereocenters. The van der Waals surface area contributed by atoms with Gasteiger partial charge in [0.05, 0.1) is 39.2 Å². The van der Waals surface area contributed by atoms with Gasteiger partial charge in [0.15, 0.2) is 0 Å². The third kappa shape index (κ3) is 11.0. The fraction of sp³-hybridized carbons (Fsp3) is 0.296. The molecule has 0 aliphatic carbocycles. The number of furan rings is 2. The van der Waals surface area contributed by atoms with Crippen LogP contribution in [0.4, 0.5) is 0 Å². The molecule has 324 valence electrons. The monoisotopic (exact) mass is 988 g/mol. The summed E-state index contributed by atoms with van der Waals surface area (Å²) in [5.41, 5.74) is 12.7. The molecule has 2 nitrogen and oxygen atoms in total. The van der Waals surface area contributed by atoms with Crippen molar-refractivity contribution in [3.63, 3.8) is 0 Å². The van der Waals surface area contributed by atoms with E-state index in [0.29, 0.717) is 0 Å². The van der Waals surface area contributed by atoms with E-state index < -0.39 is 34.1 Å². The summed E-state index contributed by atoms with van der Waals surface area (Å²) in [6.07, 6.45) is 2.06. The zero-order valence-corrected chi connectivity index (χ0v) is 46.3. The predicted molar refractivity (Wildman–Crippen MR) is 278 cm³/mol. The van der Waals surface area contributed by atoms with Gasteiger partial charge in [0.2, 0.25) is 0 Å². The van der Waals surface area contributed by atoms with E-state index >= 15 is 0 Å². The van der Waals surface area contributed by atoms with Crippen LogP contribution < -0.4 is 10.4 Å². The van der Waals surface area contributed by atoms with Gasteiger partial charge in [-0.1, -0.05) is 146 Å². The first-order valence-corrected chi connectivity index (χ1v) is 41.5. The molecule has 8 aromatic rings. The molecular weight excluding hydrogens is 927 g/mol. The number of aryl methyl sites for hydroxylation is 6. The van der Waals surface area contributed by atoms with Crippen LogP contribution in [0.1, 0.15) is 47.6 Å². The van der Waals surface area contributed by atoms with Gasteiger partial charge in [-0.05, 0) is 86.1 Å². The van der Waals surface area contributed by atoms with Crippen LogP contribution in [0.25, 0.3) is 66.4 Å². The van der Waals surface area contributed by atoms with E-state index in [2.05, 4.69) is 189 Å². The standard InChI is InChI=1S/2C26H29OSi.C2H6Si.2ClH.Zr/c2*1-7-19-8-9-21-15-22(25-14-17(2)18(3)27-25)16-24(21)26(19)20-10-12-23(13-11-20)28(4,5)6;1-3-2;;;/h2*8-16H,7H2,1-6H3;1-2H3;2*1H;/q2*-1;;;;+2/p-2. The molecular formula is C54H64Cl2O2Si3Zr-2. The van der Waals surface area contributed by atoms with E-state index in [1.54, 1.807) is 0 Å². The van der Waals surface area contributed by atoms with Crippen molar-refractivity contribution in [2.45, 2.75) is 107 Å². The molecule has 0 saturated heterocycles. The van der Waals surface area contributed by atoms with Crippen LogP contribution in [-0.4, -0.2) is 21.6 Å². The number of rotatable bonds is 8. The molecule has 2 aromatic heterocycles. The minimum atomic E-state index is -1.65. The molecule has 0 amide bonds.